The predicted molar refractivity (Wildman–Crippen MR) is 113 cm³/mol. The van der Waals surface area contributed by atoms with Crippen molar-refractivity contribution < 1.29 is 26.3 Å². The van der Waals surface area contributed by atoms with Crippen LogP contribution in [0.3, 0.4) is 0 Å². The van der Waals surface area contributed by atoms with E-state index in [-0.39, 0.29) is 16.3 Å². The van der Waals surface area contributed by atoms with Crippen LogP contribution in [0.4, 0.5) is 13.2 Å². The number of benzene rings is 2. The average molecular weight is 584 g/mol. The Morgan fingerprint density at radius 3 is 2.42 bits per heavy atom. The molecule has 0 spiro atoms. The molecular formula is C18H15Br2F3N4O3S. The maximum absolute atomic E-state index is 14.5. The molecule has 1 aromatic heterocycles. The minimum Gasteiger partial charge on any atom is -0.424 e. The van der Waals surface area contributed by atoms with Crippen molar-refractivity contribution in [1.29, 1.82) is 0 Å². The third-order valence-corrected chi connectivity index (χ3v) is 7.34. The molecule has 1 heterocycles. The molecule has 0 radical (unpaired) electrons. The van der Waals surface area contributed by atoms with E-state index < -0.39 is 42.9 Å². The summed E-state index contributed by atoms with van der Waals surface area (Å²) in [7, 11) is -4.50. The number of nitrogens with one attached hydrogen (secondary N) is 1. The van der Waals surface area contributed by atoms with Crippen molar-refractivity contribution in [2.24, 2.45) is 0 Å². The summed E-state index contributed by atoms with van der Waals surface area (Å²) in [5.74, 6) is -2.05. The summed E-state index contributed by atoms with van der Waals surface area (Å²) in [6, 6.07) is 5.11. The molecule has 1 N–H and O–H groups in total. The second-order valence-corrected chi connectivity index (χ2v) is 9.58. The van der Waals surface area contributed by atoms with Gasteiger partial charge in [-0.1, -0.05) is 5.10 Å². The molecule has 0 amide bonds. The Morgan fingerprint density at radius 1 is 1.16 bits per heavy atom. The largest absolute Gasteiger partial charge is 0.424 e. The monoisotopic (exact) mass is 582 g/mol. The second-order valence-electron chi connectivity index (χ2n) is 6.28. The lowest BCUT2D eigenvalue weighted by Crippen LogP contribution is -2.30. The van der Waals surface area contributed by atoms with E-state index in [4.69, 9.17) is 4.74 Å². The van der Waals surface area contributed by atoms with Gasteiger partial charge in [0.15, 0.2) is 11.6 Å². The molecule has 0 aliphatic heterocycles. The average Bonchev–Trinajstić information content (AvgIpc) is 3.10. The molecule has 0 saturated heterocycles. The lowest BCUT2D eigenvalue weighted by molar-refractivity contribution is 0.407. The fourth-order valence-corrected chi connectivity index (χ4v) is 5.56. The van der Waals surface area contributed by atoms with Gasteiger partial charge in [0.05, 0.1) is 15.0 Å². The van der Waals surface area contributed by atoms with Crippen molar-refractivity contribution in [3.8, 4) is 11.8 Å². The number of rotatable bonds is 7. The van der Waals surface area contributed by atoms with Crippen LogP contribution >= 0.6 is 31.9 Å². The van der Waals surface area contributed by atoms with E-state index >= 15 is 0 Å². The third kappa shape index (κ3) is 4.94. The van der Waals surface area contributed by atoms with Crippen LogP contribution in [0.2, 0.25) is 0 Å². The summed E-state index contributed by atoms with van der Waals surface area (Å²) in [6.45, 7) is 3.54. The zero-order valence-corrected chi connectivity index (χ0v) is 20.0. The highest BCUT2D eigenvalue weighted by Gasteiger charge is 2.30. The second kappa shape index (κ2) is 9.27. The predicted octanol–water partition coefficient (Wildman–Crippen LogP) is 5.07. The highest BCUT2D eigenvalue weighted by molar-refractivity contribution is 9.11. The van der Waals surface area contributed by atoms with Gasteiger partial charge in [-0.05, 0) is 76.0 Å². The van der Waals surface area contributed by atoms with E-state index in [0.29, 0.717) is 12.3 Å². The summed E-state index contributed by atoms with van der Waals surface area (Å²) in [6.07, 6.45) is 0. The fraction of sp³-hybridized carbons (Fsp3) is 0.222. The first-order valence-corrected chi connectivity index (χ1v) is 11.8. The summed E-state index contributed by atoms with van der Waals surface area (Å²) in [5, 5.41) is 7.86. The van der Waals surface area contributed by atoms with Gasteiger partial charge < -0.3 is 4.74 Å². The van der Waals surface area contributed by atoms with Crippen LogP contribution < -0.4 is 9.46 Å². The molecule has 3 rings (SSSR count). The molecule has 0 bridgehead atoms. The molecule has 1 atom stereocenters. The van der Waals surface area contributed by atoms with Gasteiger partial charge in [0, 0.05) is 6.54 Å². The first-order chi connectivity index (χ1) is 14.5. The summed E-state index contributed by atoms with van der Waals surface area (Å²) < 4.78 is 75.6. The quantitative estimate of drug-likeness (QED) is 0.392. The van der Waals surface area contributed by atoms with Gasteiger partial charge in [-0.2, -0.15) is 0 Å². The number of halogens is 5. The van der Waals surface area contributed by atoms with Gasteiger partial charge in [0.2, 0.25) is 10.0 Å². The van der Waals surface area contributed by atoms with E-state index in [1.807, 2.05) is 0 Å². The summed E-state index contributed by atoms with van der Waals surface area (Å²) in [4.78, 5) is -0.878. The zero-order chi connectivity index (χ0) is 22.9. The number of sulfonamides is 1. The van der Waals surface area contributed by atoms with Crippen LogP contribution in [0, 0.1) is 17.5 Å². The van der Waals surface area contributed by atoms with Crippen molar-refractivity contribution in [3.63, 3.8) is 0 Å². The van der Waals surface area contributed by atoms with Crippen molar-refractivity contribution in [2.45, 2.75) is 31.3 Å². The van der Waals surface area contributed by atoms with Gasteiger partial charge >= 0.3 is 6.01 Å². The van der Waals surface area contributed by atoms with Gasteiger partial charge in [-0.3, -0.25) is 4.57 Å². The highest BCUT2D eigenvalue weighted by atomic mass is 79.9. The van der Waals surface area contributed by atoms with Gasteiger partial charge in [0.1, 0.15) is 22.3 Å². The maximum atomic E-state index is 14.5. The standard InChI is InChI=1S/C18H15Br2F3N4O3S/c1-3-27-17(24-25-18(27)30-11-6-4-10(21)5-7-11)9(2)26-31(28,29)16-14(20)13(22)8-12(19)15(16)23/h4-9,26H,3H2,1-2H3/t9-/m1/s1. The van der Waals surface area contributed by atoms with Crippen LogP contribution in [0.15, 0.2) is 44.2 Å². The molecule has 2 aromatic carbocycles. The Labute approximate surface area is 192 Å². The Hall–Kier alpha value is -1.96. The van der Waals surface area contributed by atoms with Crippen molar-refractivity contribution in [1.82, 2.24) is 19.5 Å². The molecule has 0 fully saturated rings. The molecule has 7 nitrogen and oxygen atoms in total. The Balaban J connectivity index is 1.91. The van der Waals surface area contributed by atoms with Crippen molar-refractivity contribution >= 4 is 41.9 Å². The SMILES string of the molecule is CCn1c(Oc2ccc(F)cc2)nnc1[C@@H](C)NS(=O)(=O)c1c(F)c(Br)cc(F)c1Br. The van der Waals surface area contributed by atoms with Crippen molar-refractivity contribution in [3.05, 3.63) is 62.6 Å². The van der Waals surface area contributed by atoms with Crippen LogP contribution in [0.25, 0.3) is 0 Å². The Morgan fingerprint density at radius 2 is 1.81 bits per heavy atom. The molecular weight excluding hydrogens is 569 g/mol. The molecule has 0 aliphatic carbocycles. The maximum Gasteiger partial charge on any atom is 0.322 e. The zero-order valence-electron chi connectivity index (χ0n) is 16.0. The minimum atomic E-state index is -4.50. The first-order valence-electron chi connectivity index (χ1n) is 8.77. The normalized spacial score (nSPS) is 12.7. The van der Waals surface area contributed by atoms with E-state index in [0.717, 1.165) is 6.07 Å². The lowest BCUT2D eigenvalue weighted by atomic mass is 10.3. The smallest absolute Gasteiger partial charge is 0.322 e. The molecule has 0 aliphatic rings. The molecule has 0 unspecified atom stereocenters. The van der Waals surface area contributed by atoms with E-state index in [1.54, 1.807) is 6.92 Å². The topological polar surface area (TPSA) is 86.1 Å². The summed E-state index contributed by atoms with van der Waals surface area (Å²) >= 11 is 5.59. The molecule has 31 heavy (non-hydrogen) atoms. The molecule has 3 aromatic rings. The van der Waals surface area contributed by atoms with E-state index in [2.05, 4.69) is 46.8 Å². The van der Waals surface area contributed by atoms with E-state index in [1.165, 1.54) is 35.8 Å². The highest BCUT2D eigenvalue weighted by Crippen LogP contribution is 2.33. The number of hydrogen-bond acceptors (Lipinski definition) is 5. The van der Waals surface area contributed by atoms with Crippen LogP contribution in [-0.2, 0) is 16.6 Å². The Kier molecular flexibility index (Phi) is 7.08. The van der Waals surface area contributed by atoms with E-state index in [9.17, 15) is 21.6 Å². The lowest BCUT2D eigenvalue weighted by Gasteiger charge is -2.17. The van der Waals surface area contributed by atoms with Crippen LogP contribution in [-0.4, -0.2) is 23.2 Å². The fourth-order valence-electron chi connectivity index (χ4n) is 2.73. The summed E-state index contributed by atoms with van der Waals surface area (Å²) in [5.41, 5.74) is 0. The van der Waals surface area contributed by atoms with Crippen LogP contribution in [0.1, 0.15) is 25.7 Å². The number of nitrogens with zero attached hydrogens (tertiary/aromatic N) is 3. The molecule has 0 saturated carbocycles. The van der Waals surface area contributed by atoms with Crippen LogP contribution in [0.5, 0.6) is 11.8 Å². The van der Waals surface area contributed by atoms with Gasteiger partial charge in [-0.15, -0.1) is 5.10 Å². The van der Waals surface area contributed by atoms with Gasteiger partial charge in [-0.25, -0.2) is 26.3 Å². The number of aromatic nitrogens is 3. The third-order valence-electron chi connectivity index (χ3n) is 4.14. The van der Waals surface area contributed by atoms with Gasteiger partial charge in [0.25, 0.3) is 0 Å². The first kappa shape index (κ1) is 23.7. The molecule has 13 heteroatoms. The van der Waals surface area contributed by atoms with Crippen molar-refractivity contribution in [2.75, 3.05) is 0 Å². The Bertz CT molecular complexity index is 1190. The number of hydrogen-bond donors (Lipinski definition) is 1. The molecule has 166 valence electrons. The minimum absolute atomic E-state index is 0.0519. The number of ether oxygens (including phenoxy) is 1.